The first-order chi connectivity index (χ1) is 8.20. The number of amides is 2. The van der Waals surface area contributed by atoms with Gasteiger partial charge in [0.25, 0.3) is 0 Å². The van der Waals surface area contributed by atoms with E-state index in [4.69, 9.17) is 0 Å². The molecule has 3 nitrogen and oxygen atoms in total. The third-order valence-electron chi connectivity index (χ3n) is 2.87. The summed E-state index contributed by atoms with van der Waals surface area (Å²) in [5, 5.41) is 5.15. The van der Waals surface area contributed by atoms with Crippen LogP contribution in [0.2, 0.25) is 0 Å². The van der Waals surface area contributed by atoms with Gasteiger partial charge in [-0.05, 0) is 36.1 Å². The topological polar surface area (TPSA) is 41.1 Å². The van der Waals surface area contributed by atoms with Crippen LogP contribution in [0.5, 0.6) is 0 Å². The molecule has 1 aromatic carbocycles. The van der Waals surface area contributed by atoms with Crippen molar-refractivity contribution in [2.75, 3.05) is 13.2 Å². The number of nitrogens with one attached hydrogen (secondary N) is 2. The second-order valence-corrected chi connectivity index (χ2v) is 4.02. The van der Waals surface area contributed by atoms with Crippen LogP contribution in [-0.2, 0) is 6.42 Å². The summed E-state index contributed by atoms with van der Waals surface area (Å²) in [6, 6.07) is 4.09. The molecule has 0 heterocycles. The van der Waals surface area contributed by atoms with Crippen molar-refractivity contribution >= 4 is 6.03 Å². The molecule has 2 rings (SSSR count). The third kappa shape index (κ3) is 2.72. The third-order valence-corrected chi connectivity index (χ3v) is 2.87. The van der Waals surface area contributed by atoms with Gasteiger partial charge in [-0.15, -0.1) is 0 Å². The number of hydrogen-bond donors (Lipinski definition) is 2. The zero-order chi connectivity index (χ0) is 12.3. The summed E-state index contributed by atoms with van der Waals surface area (Å²) in [6.45, 7) is -0.575. The summed E-state index contributed by atoms with van der Waals surface area (Å²) < 4.78 is 24.8. The molecule has 92 valence electrons. The van der Waals surface area contributed by atoms with Crippen molar-refractivity contribution in [2.45, 2.75) is 18.9 Å². The van der Waals surface area contributed by atoms with E-state index >= 15 is 0 Å². The lowest BCUT2D eigenvalue weighted by Gasteiger charge is -2.14. The zero-order valence-electron chi connectivity index (χ0n) is 9.30. The van der Waals surface area contributed by atoms with E-state index < -0.39 is 6.67 Å². The molecule has 1 aliphatic carbocycles. The molecule has 1 aromatic rings. The van der Waals surface area contributed by atoms with Crippen molar-refractivity contribution in [3.8, 4) is 0 Å². The quantitative estimate of drug-likeness (QED) is 0.834. The van der Waals surface area contributed by atoms with Crippen molar-refractivity contribution in [1.29, 1.82) is 0 Å². The van der Waals surface area contributed by atoms with Gasteiger partial charge in [-0.25, -0.2) is 13.6 Å². The van der Waals surface area contributed by atoms with E-state index in [0.29, 0.717) is 0 Å². The lowest BCUT2D eigenvalue weighted by atomic mass is 10.1. The van der Waals surface area contributed by atoms with Gasteiger partial charge in [0, 0.05) is 6.54 Å². The van der Waals surface area contributed by atoms with E-state index in [-0.39, 0.29) is 24.4 Å². The molecule has 0 saturated carbocycles. The molecule has 1 unspecified atom stereocenters. The van der Waals surface area contributed by atoms with Gasteiger partial charge in [0.1, 0.15) is 12.5 Å². The minimum Gasteiger partial charge on any atom is -0.336 e. The van der Waals surface area contributed by atoms with Gasteiger partial charge in [0.15, 0.2) is 0 Å². The van der Waals surface area contributed by atoms with Crippen LogP contribution in [0.4, 0.5) is 13.6 Å². The van der Waals surface area contributed by atoms with Crippen molar-refractivity contribution < 1.29 is 13.6 Å². The molecule has 0 aromatic heterocycles. The van der Waals surface area contributed by atoms with E-state index in [1.165, 1.54) is 12.1 Å². The van der Waals surface area contributed by atoms with Gasteiger partial charge in [0.05, 0.1) is 6.04 Å². The molecule has 0 saturated heterocycles. The first kappa shape index (κ1) is 11.8. The Morgan fingerprint density at radius 2 is 2.29 bits per heavy atom. The van der Waals surface area contributed by atoms with E-state index in [2.05, 4.69) is 10.6 Å². The van der Waals surface area contributed by atoms with Crippen molar-refractivity contribution in [3.05, 3.63) is 35.1 Å². The lowest BCUT2D eigenvalue weighted by Crippen LogP contribution is -2.38. The van der Waals surface area contributed by atoms with Crippen LogP contribution < -0.4 is 10.6 Å². The summed E-state index contributed by atoms with van der Waals surface area (Å²) in [5.74, 6) is -0.258. The van der Waals surface area contributed by atoms with E-state index in [1.54, 1.807) is 6.07 Å². The first-order valence-corrected chi connectivity index (χ1v) is 5.59. The fourth-order valence-electron chi connectivity index (χ4n) is 2.11. The van der Waals surface area contributed by atoms with Gasteiger partial charge in [0.2, 0.25) is 0 Å². The molecule has 0 radical (unpaired) electrons. The smallest absolute Gasteiger partial charge is 0.315 e. The predicted octanol–water partition coefficient (Wildman–Crippen LogP) is 2.08. The number of urea groups is 1. The fraction of sp³-hybridized carbons (Fsp3) is 0.417. The highest BCUT2D eigenvalue weighted by atomic mass is 19.1. The number of halogens is 2. The molecule has 0 bridgehead atoms. The molecule has 2 amide bonds. The van der Waals surface area contributed by atoms with Crippen LogP contribution in [0.25, 0.3) is 0 Å². The van der Waals surface area contributed by atoms with Gasteiger partial charge < -0.3 is 10.6 Å². The van der Waals surface area contributed by atoms with Gasteiger partial charge in [-0.3, -0.25) is 0 Å². The van der Waals surface area contributed by atoms with Crippen molar-refractivity contribution in [2.24, 2.45) is 0 Å². The van der Waals surface area contributed by atoms with Crippen LogP contribution in [-0.4, -0.2) is 19.3 Å². The first-order valence-electron chi connectivity index (χ1n) is 5.59. The second-order valence-electron chi connectivity index (χ2n) is 4.02. The molecule has 5 heteroatoms. The maximum Gasteiger partial charge on any atom is 0.315 e. The van der Waals surface area contributed by atoms with Gasteiger partial charge in [-0.2, -0.15) is 0 Å². The molecule has 1 atom stereocenters. The lowest BCUT2D eigenvalue weighted by molar-refractivity contribution is 0.236. The highest BCUT2D eigenvalue weighted by Crippen LogP contribution is 2.31. The number of aryl methyl sites for hydroxylation is 1. The fourth-order valence-corrected chi connectivity index (χ4v) is 2.11. The molecule has 0 fully saturated rings. The van der Waals surface area contributed by atoms with Crippen LogP contribution in [0.15, 0.2) is 18.2 Å². The Balaban J connectivity index is 2.00. The average molecular weight is 240 g/mol. The highest BCUT2D eigenvalue weighted by Gasteiger charge is 2.23. The molecule has 0 aliphatic heterocycles. The summed E-state index contributed by atoms with van der Waals surface area (Å²) in [5.41, 5.74) is 1.88. The Hall–Kier alpha value is -1.65. The Kier molecular flexibility index (Phi) is 3.56. The SMILES string of the molecule is O=C(NCCF)NC1CCc2cc(F)ccc21. The highest BCUT2D eigenvalue weighted by molar-refractivity contribution is 5.74. The molecule has 1 aliphatic rings. The summed E-state index contributed by atoms with van der Waals surface area (Å²) in [7, 11) is 0. The van der Waals surface area contributed by atoms with Crippen molar-refractivity contribution in [3.63, 3.8) is 0 Å². The predicted molar refractivity (Wildman–Crippen MR) is 60.0 cm³/mol. The van der Waals surface area contributed by atoms with E-state index in [1.807, 2.05) is 0 Å². The molecule has 0 spiro atoms. The number of hydrogen-bond acceptors (Lipinski definition) is 1. The number of alkyl halides is 1. The maximum absolute atomic E-state index is 13.0. The number of carbonyl (C=O) groups excluding carboxylic acids is 1. The standard InChI is InChI=1S/C12H14F2N2O/c13-5-6-15-12(17)16-11-4-1-8-7-9(14)2-3-10(8)11/h2-3,7,11H,1,4-6H2,(H2,15,16,17). The second kappa shape index (κ2) is 5.12. The number of rotatable bonds is 3. The Morgan fingerprint density at radius 3 is 3.06 bits per heavy atom. The minimum atomic E-state index is -0.583. The summed E-state index contributed by atoms with van der Waals surface area (Å²) in [6.07, 6.45) is 1.50. The maximum atomic E-state index is 13.0. The largest absolute Gasteiger partial charge is 0.336 e. The van der Waals surface area contributed by atoms with Crippen LogP contribution in [0.1, 0.15) is 23.6 Å². The molecular weight excluding hydrogens is 226 g/mol. The molecule has 17 heavy (non-hydrogen) atoms. The molecule has 2 N–H and O–H groups in total. The van der Waals surface area contributed by atoms with Crippen molar-refractivity contribution in [1.82, 2.24) is 10.6 Å². The van der Waals surface area contributed by atoms with Crippen LogP contribution in [0.3, 0.4) is 0 Å². The average Bonchev–Trinajstić information content (AvgIpc) is 2.69. The Labute approximate surface area is 98.2 Å². The number of fused-ring (bicyclic) bond motifs is 1. The molecular formula is C12H14F2N2O. The summed E-state index contributed by atoms with van der Waals surface area (Å²) >= 11 is 0. The number of benzene rings is 1. The minimum absolute atomic E-state index is 0.00876. The number of carbonyl (C=O) groups is 1. The monoisotopic (exact) mass is 240 g/mol. The van der Waals surface area contributed by atoms with Crippen LogP contribution in [0, 0.1) is 5.82 Å². The van der Waals surface area contributed by atoms with Crippen LogP contribution >= 0.6 is 0 Å². The zero-order valence-corrected chi connectivity index (χ0v) is 9.30. The van der Waals surface area contributed by atoms with E-state index in [0.717, 1.165) is 24.0 Å². The Bertz CT molecular complexity index is 423. The van der Waals surface area contributed by atoms with E-state index in [9.17, 15) is 13.6 Å². The van der Waals surface area contributed by atoms with Gasteiger partial charge >= 0.3 is 6.03 Å². The Morgan fingerprint density at radius 1 is 1.47 bits per heavy atom. The van der Waals surface area contributed by atoms with Gasteiger partial charge in [-0.1, -0.05) is 6.07 Å². The normalized spacial score (nSPS) is 17.6. The summed E-state index contributed by atoms with van der Waals surface area (Å²) in [4.78, 5) is 11.4.